The van der Waals surface area contributed by atoms with Gasteiger partial charge in [-0.1, -0.05) is 18.6 Å². The normalized spacial score (nSPS) is 14.4. The molecule has 1 amide bonds. The highest BCUT2D eigenvalue weighted by Crippen LogP contribution is 2.36. The molecule has 204 valence electrons. The summed E-state index contributed by atoms with van der Waals surface area (Å²) in [6.07, 6.45) is 2.63. The summed E-state index contributed by atoms with van der Waals surface area (Å²) >= 11 is 0. The van der Waals surface area contributed by atoms with E-state index >= 15 is 0 Å². The number of hydrogen-bond donors (Lipinski definition) is 1. The lowest BCUT2D eigenvalue weighted by Crippen LogP contribution is -2.35. The number of piperidine rings is 1. The van der Waals surface area contributed by atoms with Gasteiger partial charge in [-0.05, 0) is 62.6 Å². The van der Waals surface area contributed by atoms with Gasteiger partial charge in [-0.25, -0.2) is 17.9 Å². The number of benzene rings is 2. The third kappa shape index (κ3) is 5.07. The van der Waals surface area contributed by atoms with Gasteiger partial charge in [0.1, 0.15) is 16.4 Å². The summed E-state index contributed by atoms with van der Waals surface area (Å²) in [5.41, 5.74) is 3.56. The first kappa shape index (κ1) is 26.6. The fraction of sp³-hybridized carbons (Fsp3) is 0.321. The van der Waals surface area contributed by atoms with E-state index in [1.807, 2.05) is 19.9 Å². The standard InChI is InChI=1S/C28H31N5O5S/c1-18-15-19(2)33-27(29-18)25(26(31-33)28(34)30-21-9-8-10-22(17-21)37-3)20-11-12-23(38-4)24(16-20)39(35,36)32-13-6-5-7-14-32/h8-12,15-17H,5-7,13-14H2,1-4H3,(H,30,34). The van der Waals surface area contributed by atoms with E-state index in [9.17, 15) is 13.2 Å². The van der Waals surface area contributed by atoms with Crippen LogP contribution in [0, 0.1) is 13.8 Å². The molecule has 5 rings (SSSR count). The van der Waals surface area contributed by atoms with Crippen molar-refractivity contribution in [1.29, 1.82) is 0 Å². The number of fused-ring (bicyclic) bond motifs is 1. The van der Waals surface area contributed by atoms with Crippen molar-refractivity contribution in [2.45, 2.75) is 38.0 Å². The van der Waals surface area contributed by atoms with Crippen molar-refractivity contribution in [3.63, 3.8) is 0 Å². The SMILES string of the molecule is COc1cccc(NC(=O)c2nn3c(C)cc(C)nc3c2-c2ccc(OC)c(S(=O)(=O)N3CCCCC3)c2)c1. The van der Waals surface area contributed by atoms with E-state index in [1.54, 1.807) is 54.1 Å². The zero-order chi connectivity index (χ0) is 27.7. The molecule has 0 spiro atoms. The van der Waals surface area contributed by atoms with Crippen LogP contribution in [0.15, 0.2) is 53.4 Å². The number of sulfonamides is 1. The highest BCUT2D eigenvalue weighted by Gasteiger charge is 2.31. The van der Waals surface area contributed by atoms with E-state index < -0.39 is 15.9 Å². The summed E-state index contributed by atoms with van der Waals surface area (Å²) in [6.45, 7) is 4.66. The number of carbonyl (C=O) groups excluding carboxylic acids is 1. The number of methoxy groups -OCH3 is 2. The number of hydrogen-bond acceptors (Lipinski definition) is 7. The van der Waals surface area contributed by atoms with Crippen molar-refractivity contribution < 1.29 is 22.7 Å². The number of nitrogens with zero attached hydrogens (tertiary/aromatic N) is 4. The summed E-state index contributed by atoms with van der Waals surface area (Å²) in [5, 5.41) is 7.50. The van der Waals surface area contributed by atoms with Crippen LogP contribution in [0.2, 0.25) is 0 Å². The summed E-state index contributed by atoms with van der Waals surface area (Å²) in [5.74, 6) is 0.374. The number of carbonyl (C=O) groups is 1. The molecule has 39 heavy (non-hydrogen) atoms. The van der Waals surface area contributed by atoms with Gasteiger partial charge in [0, 0.05) is 36.2 Å². The van der Waals surface area contributed by atoms with Gasteiger partial charge in [-0.3, -0.25) is 4.79 Å². The molecule has 1 N–H and O–H groups in total. The van der Waals surface area contributed by atoms with Crippen molar-refractivity contribution in [3.05, 3.63) is 65.6 Å². The van der Waals surface area contributed by atoms with Gasteiger partial charge >= 0.3 is 0 Å². The monoisotopic (exact) mass is 549 g/mol. The van der Waals surface area contributed by atoms with Gasteiger partial charge in [0.25, 0.3) is 5.91 Å². The topological polar surface area (TPSA) is 115 Å². The van der Waals surface area contributed by atoms with E-state index in [1.165, 1.54) is 11.4 Å². The molecule has 1 aliphatic heterocycles. The maximum absolute atomic E-state index is 13.7. The van der Waals surface area contributed by atoms with E-state index in [0.717, 1.165) is 30.7 Å². The van der Waals surface area contributed by atoms with Crippen LogP contribution in [0.5, 0.6) is 11.5 Å². The second-order valence-electron chi connectivity index (χ2n) is 9.51. The Bertz CT molecular complexity index is 1660. The minimum absolute atomic E-state index is 0.0484. The van der Waals surface area contributed by atoms with Gasteiger partial charge in [0.15, 0.2) is 11.3 Å². The van der Waals surface area contributed by atoms with Crippen molar-refractivity contribution in [3.8, 4) is 22.6 Å². The van der Waals surface area contributed by atoms with Crippen LogP contribution in [0.3, 0.4) is 0 Å². The Morgan fingerprint density at radius 2 is 1.74 bits per heavy atom. The Balaban J connectivity index is 1.67. The number of aromatic nitrogens is 3. The lowest BCUT2D eigenvalue weighted by molar-refractivity contribution is 0.102. The Morgan fingerprint density at radius 1 is 0.974 bits per heavy atom. The molecule has 11 heteroatoms. The predicted molar refractivity (Wildman–Crippen MR) is 148 cm³/mol. The van der Waals surface area contributed by atoms with Crippen molar-refractivity contribution in [2.24, 2.45) is 0 Å². The summed E-state index contributed by atoms with van der Waals surface area (Å²) < 4.78 is 41.2. The molecule has 0 aliphatic carbocycles. The number of anilines is 1. The predicted octanol–water partition coefficient (Wildman–Crippen LogP) is 4.46. The number of rotatable bonds is 7. The summed E-state index contributed by atoms with van der Waals surface area (Å²) in [4.78, 5) is 18.4. The maximum atomic E-state index is 13.7. The minimum atomic E-state index is -3.83. The lowest BCUT2D eigenvalue weighted by Gasteiger charge is -2.26. The molecule has 1 aliphatic rings. The number of nitrogens with one attached hydrogen (secondary N) is 1. The second-order valence-corrected chi connectivity index (χ2v) is 11.4. The molecule has 0 radical (unpaired) electrons. The molecule has 10 nitrogen and oxygen atoms in total. The molecule has 0 atom stereocenters. The van der Waals surface area contributed by atoms with Crippen LogP contribution in [-0.2, 0) is 10.0 Å². The average Bonchev–Trinajstić information content (AvgIpc) is 3.33. The quantitative estimate of drug-likeness (QED) is 0.362. The Morgan fingerprint density at radius 3 is 2.46 bits per heavy atom. The zero-order valence-corrected chi connectivity index (χ0v) is 23.2. The lowest BCUT2D eigenvalue weighted by atomic mass is 10.0. The molecular formula is C28H31N5O5S. The van der Waals surface area contributed by atoms with Crippen molar-refractivity contribution in [2.75, 3.05) is 32.6 Å². The number of amides is 1. The van der Waals surface area contributed by atoms with Gasteiger partial charge in [-0.15, -0.1) is 0 Å². The molecule has 0 unspecified atom stereocenters. The molecule has 0 bridgehead atoms. The highest BCUT2D eigenvalue weighted by molar-refractivity contribution is 7.89. The van der Waals surface area contributed by atoms with E-state index in [-0.39, 0.29) is 16.3 Å². The average molecular weight is 550 g/mol. The van der Waals surface area contributed by atoms with Gasteiger partial charge < -0.3 is 14.8 Å². The Labute approximate surface area is 227 Å². The van der Waals surface area contributed by atoms with Crippen LogP contribution in [0.4, 0.5) is 5.69 Å². The first-order valence-corrected chi connectivity index (χ1v) is 14.2. The highest BCUT2D eigenvalue weighted by atomic mass is 32.2. The molecule has 4 aromatic rings. The largest absolute Gasteiger partial charge is 0.497 e. The van der Waals surface area contributed by atoms with Gasteiger partial charge in [-0.2, -0.15) is 9.40 Å². The molecule has 0 saturated carbocycles. The minimum Gasteiger partial charge on any atom is -0.497 e. The van der Waals surface area contributed by atoms with Crippen molar-refractivity contribution >= 4 is 27.3 Å². The summed E-state index contributed by atoms with van der Waals surface area (Å²) in [6, 6.07) is 13.8. The third-order valence-electron chi connectivity index (χ3n) is 6.82. The fourth-order valence-corrected chi connectivity index (χ4v) is 6.61. The van der Waals surface area contributed by atoms with Gasteiger partial charge in [0.05, 0.1) is 19.8 Å². The van der Waals surface area contributed by atoms with E-state index in [0.29, 0.717) is 41.3 Å². The molecule has 1 fully saturated rings. The number of aryl methyl sites for hydroxylation is 2. The molecule has 1 saturated heterocycles. The van der Waals surface area contributed by atoms with Crippen LogP contribution >= 0.6 is 0 Å². The third-order valence-corrected chi connectivity index (χ3v) is 8.74. The van der Waals surface area contributed by atoms with Crippen LogP contribution in [-0.4, -0.2) is 60.5 Å². The molecule has 2 aromatic heterocycles. The van der Waals surface area contributed by atoms with E-state index in [4.69, 9.17) is 9.47 Å². The summed E-state index contributed by atoms with van der Waals surface area (Å²) in [7, 11) is -0.833. The van der Waals surface area contributed by atoms with Crippen LogP contribution in [0.25, 0.3) is 16.8 Å². The first-order chi connectivity index (χ1) is 18.7. The molecule has 2 aromatic carbocycles. The number of ether oxygens (including phenoxy) is 2. The molecular weight excluding hydrogens is 518 g/mol. The Hall–Kier alpha value is -3.96. The smallest absolute Gasteiger partial charge is 0.276 e. The fourth-order valence-electron chi connectivity index (χ4n) is 4.92. The molecule has 3 heterocycles. The van der Waals surface area contributed by atoms with Crippen LogP contribution < -0.4 is 14.8 Å². The second kappa shape index (κ2) is 10.7. The zero-order valence-electron chi connectivity index (χ0n) is 22.4. The van der Waals surface area contributed by atoms with Crippen molar-refractivity contribution in [1.82, 2.24) is 18.9 Å². The van der Waals surface area contributed by atoms with Gasteiger partial charge in [0.2, 0.25) is 10.0 Å². The van der Waals surface area contributed by atoms with E-state index in [2.05, 4.69) is 15.4 Å². The first-order valence-electron chi connectivity index (χ1n) is 12.7. The van der Waals surface area contributed by atoms with Crippen LogP contribution in [0.1, 0.15) is 41.1 Å². The Kier molecular flexibility index (Phi) is 7.28. The maximum Gasteiger partial charge on any atom is 0.276 e.